The first-order chi connectivity index (χ1) is 6.38. The lowest BCUT2D eigenvalue weighted by Crippen LogP contribution is -2.41. The third kappa shape index (κ3) is 3.38. The number of nitrogens with one attached hydrogen (secondary N) is 1. The molecule has 0 fully saturated rings. The van der Waals surface area contributed by atoms with Gasteiger partial charge in [-0.3, -0.25) is 0 Å². The van der Waals surface area contributed by atoms with Crippen molar-refractivity contribution in [2.75, 3.05) is 0 Å². The van der Waals surface area contributed by atoms with Crippen molar-refractivity contribution in [3.05, 3.63) is 35.6 Å². The molecular formula is C12H20N2. The predicted octanol–water partition coefficient (Wildman–Crippen LogP) is 2.10. The fraction of sp³-hybridized carbons (Fsp3) is 0.500. The largest absolute Gasteiger partial charge is 0.382 e. The van der Waals surface area contributed by atoms with Gasteiger partial charge < -0.3 is 11.1 Å². The first-order valence-electron chi connectivity index (χ1n) is 4.99. The Balaban J connectivity index is 2.85. The molecule has 0 aromatic rings. The summed E-state index contributed by atoms with van der Waals surface area (Å²) in [5.74, 6) is 0. The van der Waals surface area contributed by atoms with Crippen LogP contribution in [-0.2, 0) is 0 Å². The lowest BCUT2D eigenvalue weighted by atomic mass is 10.1. The van der Waals surface area contributed by atoms with Crippen LogP contribution >= 0.6 is 0 Å². The van der Waals surface area contributed by atoms with E-state index in [2.05, 4.69) is 45.2 Å². The van der Waals surface area contributed by atoms with Crippen LogP contribution in [0, 0.1) is 0 Å². The van der Waals surface area contributed by atoms with E-state index >= 15 is 0 Å². The number of allylic oxidation sites excluding steroid dienone is 4. The van der Waals surface area contributed by atoms with Crippen molar-refractivity contribution in [3.63, 3.8) is 0 Å². The monoisotopic (exact) mass is 192 g/mol. The summed E-state index contributed by atoms with van der Waals surface area (Å²) in [6.07, 6.45) is 8.18. The van der Waals surface area contributed by atoms with Gasteiger partial charge in [-0.1, -0.05) is 18.2 Å². The van der Waals surface area contributed by atoms with Gasteiger partial charge in [-0.05, 0) is 39.3 Å². The second-order valence-corrected chi connectivity index (χ2v) is 4.80. The fourth-order valence-electron chi connectivity index (χ4n) is 1.37. The van der Waals surface area contributed by atoms with Crippen molar-refractivity contribution in [3.8, 4) is 0 Å². The van der Waals surface area contributed by atoms with E-state index in [0.29, 0.717) is 0 Å². The van der Waals surface area contributed by atoms with Crippen LogP contribution in [0.15, 0.2) is 35.6 Å². The van der Waals surface area contributed by atoms with Crippen molar-refractivity contribution in [1.29, 1.82) is 0 Å². The Kier molecular flexibility index (Phi) is 3.17. The van der Waals surface area contributed by atoms with E-state index in [0.717, 1.165) is 5.70 Å². The Bertz CT molecular complexity index is 290. The number of nitrogens with two attached hydrogens (primary N) is 1. The minimum Gasteiger partial charge on any atom is -0.382 e. The molecule has 78 valence electrons. The lowest BCUT2D eigenvalue weighted by Gasteiger charge is -2.26. The van der Waals surface area contributed by atoms with Gasteiger partial charge >= 0.3 is 0 Å². The molecule has 0 aromatic heterocycles. The molecule has 3 N–H and O–H groups in total. The maximum absolute atomic E-state index is 6.00. The quantitative estimate of drug-likeness (QED) is 0.667. The highest BCUT2D eigenvalue weighted by molar-refractivity contribution is 5.34. The Labute approximate surface area is 86.6 Å². The predicted molar refractivity (Wildman–Crippen MR) is 61.8 cm³/mol. The smallest absolute Gasteiger partial charge is 0.0633 e. The van der Waals surface area contributed by atoms with Gasteiger partial charge in [0.25, 0.3) is 0 Å². The second-order valence-electron chi connectivity index (χ2n) is 4.80. The summed E-state index contributed by atoms with van der Waals surface area (Å²) in [5, 5.41) is 3.42. The number of rotatable bonds is 1. The van der Waals surface area contributed by atoms with E-state index in [-0.39, 0.29) is 11.6 Å². The van der Waals surface area contributed by atoms with Crippen LogP contribution in [0.5, 0.6) is 0 Å². The molecule has 14 heavy (non-hydrogen) atoms. The molecule has 1 rings (SSSR count). The molecule has 0 saturated carbocycles. The van der Waals surface area contributed by atoms with E-state index in [4.69, 9.17) is 5.73 Å². The van der Waals surface area contributed by atoms with Gasteiger partial charge in [0, 0.05) is 11.2 Å². The van der Waals surface area contributed by atoms with Crippen LogP contribution in [0.2, 0.25) is 0 Å². The summed E-state index contributed by atoms with van der Waals surface area (Å²) in [7, 11) is 0. The van der Waals surface area contributed by atoms with E-state index in [9.17, 15) is 0 Å². The third-order valence-electron chi connectivity index (χ3n) is 1.94. The summed E-state index contributed by atoms with van der Waals surface area (Å²) in [6, 6.07) is -0.0251. The average Bonchev–Trinajstić information content (AvgIpc) is 2.11. The Morgan fingerprint density at radius 2 is 2.00 bits per heavy atom. The zero-order valence-electron chi connectivity index (χ0n) is 9.46. The van der Waals surface area contributed by atoms with Crippen molar-refractivity contribution in [2.24, 2.45) is 5.73 Å². The van der Waals surface area contributed by atoms with Crippen LogP contribution < -0.4 is 11.1 Å². The highest BCUT2D eigenvalue weighted by Gasteiger charge is 2.15. The maximum atomic E-state index is 6.00. The molecule has 0 heterocycles. The molecule has 0 bridgehead atoms. The summed E-state index contributed by atoms with van der Waals surface area (Å²) in [4.78, 5) is 0. The average molecular weight is 192 g/mol. The molecule has 1 aliphatic rings. The van der Waals surface area contributed by atoms with Gasteiger partial charge in [-0.2, -0.15) is 0 Å². The van der Waals surface area contributed by atoms with Gasteiger partial charge in [-0.15, -0.1) is 0 Å². The minimum atomic E-state index is -0.0251. The zero-order valence-corrected chi connectivity index (χ0v) is 9.46. The highest BCUT2D eigenvalue weighted by atomic mass is 15.0. The van der Waals surface area contributed by atoms with Crippen molar-refractivity contribution >= 4 is 0 Å². The van der Waals surface area contributed by atoms with Crippen molar-refractivity contribution in [2.45, 2.75) is 39.3 Å². The Hall–Kier alpha value is -1.02. The fourth-order valence-corrected chi connectivity index (χ4v) is 1.37. The van der Waals surface area contributed by atoms with Crippen LogP contribution in [-0.4, -0.2) is 11.6 Å². The third-order valence-corrected chi connectivity index (χ3v) is 1.94. The van der Waals surface area contributed by atoms with Gasteiger partial charge in [0.2, 0.25) is 0 Å². The Morgan fingerprint density at radius 1 is 1.36 bits per heavy atom. The standard InChI is InChI=1S/C12H20N2/c1-9-6-5-7-10(13)11(8-9)14-12(2,3)4/h5-8,10,14H,13H2,1-4H3. The SMILES string of the molecule is CC1=CC=CC(N)C(NC(C)(C)C)=C1. The highest BCUT2D eigenvalue weighted by Crippen LogP contribution is 2.12. The van der Waals surface area contributed by atoms with Crippen LogP contribution in [0.25, 0.3) is 0 Å². The van der Waals surface area contributed by atoms with Crippen LogP contribution in [0.4, 0.5) is 0 Å². The van der Waals surface area contributed by atoms with Gasteiger partial charge in [0.1, 0.15) is 0 Å². The first-order valence-corrected chi connectivity index (χ1v) is 4.99. The molecule has 1 aliphatic carbocycles. The van der Waals surface area contributed by atoms with Gasteiger partial charge in [0.15, 0.2) is 0 Å². The van der Waals surface area contributed by atoms with E-state index in [1.54, 1.807) is 0 Å². The zero-order chi connectivity index (χ0) is 10.8. The summed E-state index contributed by atoms with van der Waals surface area (Å²) in [5.41, 5.74) is 8.36. The molecule has 0 amide bonds. The first kappa shape index (κ1) is 11.1. The molecule has 0 radical (unpaired) electrons. The van der Waals surface area contributed by atoms with Gasteiger partial charge in [-0.25, -0.2) is 0 Å². The van der Waals surface area contributed by atoms with E-state index in [1.807, 2.05) is 12.2 Å². The number of hydrogen-bond donors (Lipinski definition) is 2. The van der Waals surface area contributed by atoms with E-state index in [1.165, 1.54) is 5.57 Å². The molecule has 0 aromatic carbocycles. The molecule has 1 atom stereocenters. The molecule has 0 aliphatic heterocycles. The maximum Gasteiger partial charge on any atom is 0.0633 e. The number of hydrogen-bond acceptors (Lipinski definition) is 2. The topological polar surface area (TPSA) is 38.0 Å². The minimum absolute atomic E-state index is 0.0251. The summed E-state index contributed by atoms with van der Waals surface area (Å²) >= 11 is 0. The molecule has 0 spiro atoms. The van der Waals surface area contributed by atoms with E-state index < -0.39 is 0 Å². The lowest BCUT2D eigenvalue weighted by molar-refractivity contribution is 0.461. The molecular weight excluding hydrogens is 172 g/mol. The Morgan fingerprint density at radius 3 is 2.57 bits per heavy atom. The summed E-state index contributed by atoms with van der Waals surface area (Å²) < 4.78 is 0. The molecule has 2 heteroatoms. The summed E-state index contributed by atoms with van der Waals surface area (Å²) in [6.45, 7) is 8.48. The molecule has 2 nitrogen and oxygen atoms in total. The van der Waals surface area contributed by atoms with Crippen molar-refractivity contribution < 1.29 is 0 Å². The van der Waals surface area contributed by atoms with Gasteiger partial charge in [0.05, 0.1) is 6.04 Å². The van der Waals surface area contributed by atoms with Crippen molar-refractivity contribution in [1.82, 2.24) is 5.32 Å². The van der Waals surface area contributed by atoms with Crippen LogP contribution in [0.3, 0.4) is 0 Å². The van der Waals surface area contributed by atoms with Crippen LogP contribution in [0.1, 0.15) is 27.7 Å². The second kappa shape index (κ2) is 4.01. The molecule has 1 unspecified atom stereocenters. The molecule has 0 saturated heterocycles. The normalized spacial score (nSPS) is 22.5.